The van der Waals surface area contributed by atoms with Gasteiger partial charge in [-0.15, -0.1) is 0 Å². The Bertz CT molecular complexity index is 698. The SMILES string of the molecule is CCOc1ccccc1NC(=O)CSc1ncccc1C#N. The van der Waals surface area contributed by atoms with Crippen molar-refractivity contribution >= 4 is 23.4 Å². The number of anilines is 1. The summed E-state index contributed by atoms with van der Waals surface area (Å²) in [6.45, 7) is 2.42. The van der Waals surface area contributed by atoms with Gasteiger partial charge < -0.3 is 10.1 Å². The molecule has 1 aromatic carbocycles. The molecule has 2 rings (SSSR count). The molecule has 6 heteroatoms. The number of ether oxygens (including phenoxy) is 1. The highest BCUT2D eigenvalue weighted by atomic mass is 32.2. The third-order valence-electron chi connectivity index (χ3n) is 2.69. The van der Waals surface area contributed by atoms with Gasteiger partial charge in [-0.05, 0) is 31.2 Å². The summed E-state index contributed by atoms with van der Waals surface area (Å²) >= 11 is 1.23. The van der Waals surface area contributed by atoms with Crippen molar-refractivity contribution < 1.29 is 9.53 Å². The maximum absolute atomic E-state index is 12.0. The minimum absolute atomic E-state index is 0.173. The van der Waals surface area contributed by atoms with Crippen LogP contribution < -0.4 is 10.1 Å². The van der Waals surface area contributed by atoms with E-state index in [4.69, 9.17) is 10.00 Å². The number of hydrogen-bond donors (Lipinski definition) is 1. The highest BCUT2D eigenvalue weighted by Gasteiger charge is 2.10. The first-order valence-electron chi connectivity index (χ1n) is 6.74. The van der Waals surface area contributed by atoms with E-state index >= 15 is 0 Å². The average Bonchev–Trinajstić information content (AvgIpc) is 2.55. The second-order valence-corrected chi connectivity index (χ2v) is 5.20. The van der Waals surface area contributed by atoms with Crippen molar-refractivity contribution in [3.05, 3.63) is 48.2 Å². The Morgan fingerprint density at radius 3 is 2.95 bits per heavy atom. The molecule has 1 N–H and O–H groups in total. The number of benzene rings is 1. The Morgan fingerprint density at radius 1 is 1.36 bits per heavy atom. The van der Waals surface area contributed by atoms with Gasteiger partial charge in [-0.3, -0.25) is 4.79 Å². The van der Waals surface area contributed by atoms with Crippen LogP contribution in [0.4, 0.5) is 5.69 Å². The zero-order valence-electron chi connectivity index (χ0n) is 12.1. The molecule has 0 fully saturated rings. The smallest absolute Gasteiger partial charge is 0.234 e. The summed E-state index contributed by atoms with van der Waals surface area (Å²) in [6, 6.07) is 12.7. The lowest BCUT2D eigenvalue weighted by atomic mass is 10.3. The van der Waals surface area contributed by atoms with Crippen LogP contribution in [0.1, 0.15) is 12.5 Å². The van der Waals surface area contributed by atoms with Gasteiger partial charge in [0, 0.05) is 6.20 Å². The number of nitriles is 1. The molecule has 112 valence electrons. The molecule has 2 aromatic rings. The zero-order chi connectivity index (χ0) is 15.8. The zero-order valence-corrected chi connectivity index (χ0v) is 12.9. The molecule has 0 radical (unpaired) electrons. The molecule has 0 spiro atoms. The molecular formula is C16H15N3O2S. The van der Waals surface area contributed by atoms with Gasteiger partial charge in [-0.2, -0.15) is 5.26 Å². The van der Waals surface area contributed by atoms with Gasteiger partial charge in [0.1, 0.15) is 16.8 Å². The Kier molecular flexibility index (Phi) is 5.81. The van der Waals surface area contributed by atoms with Gasteiger partial charge in [0.2, 0.25) is 5.91 Å². The van der Waals surface area contributed by atoms with E-state index in [9.17, 15) is 4.79 Å². The fourth-order valence-electron chi connectivity index (χ4n) is 1.76. The van der Waals surface area contributed by atoms with Crippen LogP contribution in [0.2, 0.25) is 0 Å². The van der Waals surface area contributed by atoms with E-state index in [1.165, 1.54) is 11.8 Å². The maximum Gasteiger partial charge on any atom is 0.234 e. The van der Waals surface area contributed by atoms with Crippen molar-refractivity contribution in [3.63, 3.8) is 0 Å². The normalized spacial score (nSPS) is 9.82. The van der Waals surface area contributed by atoms with Crippen LogP contribution in [0.3, 0.4) is 0 Å². The van der Waals surface area contributed by atoms with Gasteiger partial charge in [-0.1, -0.05) is 23.9 Å². The number of nitrogens with zero attached hydrogens (tertiary/aromatic N) is 2. The summed E-state index contributed by atoms with van der Waals surface area (Å²) < 4.78 is 5.46. The molecule has 1 heterocycles. The summed E-state index contributed by atoms with van der Waals surface area (Å²) in [5, 5.41) is 12.4. The minimum atomic E-state index is -0.174. The fraction of sp³-hybridized carbons (Fsp3) is 0.188. The maximum atomic E-state index is 12.0. The van der Waals surface area contributed by atoms with Crippen molar-refractivity contribution in [2.45, 2.75) is 11.9 Å². The van der Waals surface area contributed by atoms with Crippen molar-refractivity contribution in [1.82, 2.24) is 4.98 Å². The van der Waals surface area contributed by atoms with Crippen molar-refractivity contribution in [1.29, 1.82) is 5.26 Å². The Morgan fingerprint density at radius 2 is 2.18 bits per heavy atom. The largest absolute Gasteiger partial charge is 0.492 e. The molecule has 1 aromatic heterocycles. The molecule has 0 bridgehead atoms. The monoisotopic (exact) mass is 313 g/mol. The Labute approximate surface area is 133 Å². The van der Waals surface area contributed by atoms with Crippen LogP contribution >= 0.6 is 11.8 Å². The highest BCUT2D eigenvalue weighted by molar-refractivity contribution is 8.00. The predicted molar refractivity (Wildman–Crippen MR) is 85.9 cm³/mol. The third-order valence-corrected chi connectivity index (χ3v) is 3.70. The van der Waals surface area contributed by atoms with Crippen LogP contribution in [-0.2, 0) is 4.79 Å². The van der Waals surface area contributed by atoms with Crippen LogP contribution in [-0.4, -0.2) is 23.3 Å². The van der Waals surface area contributed by atoms with E-state index in [1.54, 1.807) is 30.5 Å². The number of para-hydroxylation sites is 2. The van der Waals surface area contributed by atoms with Gasteiger partial charge in [0.25, 0.3) is 0 Å². The number of nitrogens with one attached hydrogen (secondary N) is 1. The first kappa shape index (κ1) is 15.9. The van der Waals surface area contributed by atoms with E-state index in [0.717, 1.165) is 0 Å². The third kappa shape index (κ3) is 4.24. The molecule has 0 saturated heterocycles. The molecular weight excluding hydrogens is 298 g/mol. The standard InChI is InChI=1S/C16H15N3O2S/c1-2-21-14-8-4-3-7-13(14)19-15(20)11-22-16-12(10-17)6-5-9-18-16/h3-9H,2,11H2,1H3,(H,19,20). The highest BCUT2D eigenvalue weighted by Crippen LogP contribution is 2.25. The summed E-state index contributed by atoms with van der Waals surface area (Å²) in [4.78, 5) is 16.2. The van der Waals surface area contributed by atoms with Gasteiger partial charge >= 0.3 is 0 Å². The number of aromatic nitrogens is 1. The fourth-order valence-corrected chi connectivity index (χ4v) is 2.51. The lowest BCUT2D eigenvalue weighted by Crippen LogP contribution is -2.15. The Balaban J connectivity index is 1.98. The molecule has 22 heavy (non-hydrogen) atoms. The first-order chi connectivity index (χ1) is 10.7. The molecule has 0 aliphatic carbocycles. The average molecular weight is 313 g/mol. The van der Waals surface area contributed by atoms with Crippen LogP contribution in [0.25, 0.3) is 0 Å². The number of hydrogen-bond acceptors (Lipinski definition) is 5. The lowest BCUT2D eigenvalue weighted by Gasteiger charge is -2.11. The Hall–Kier alpha value is -2.52. The van der Waals surface area contributed by atoms with Gasteiger partial charge in [0.05, 0.1) is 23.6 Å². The summed E-state index contributed by atoms with van der Waals surface area (Å²) in [7, 11) is 0. The lowest BCUT2D eigenvalue weighted by molar-refractivity contribution is -0.113. The first-order valence-corrected chi connectivity index (χ1v) is 7.72. The number of amides is 1. The molecule has 5 nitrogen and oxygen atoms in total. The van der Waals surface area contributed by atoms with Crippen LogP contribution in [0, 0.1) is 11.3 Å². The number of carbonyl (C=O) groups is 1. The number of carbonyl (C=O) groups excluding carboxylic acids is 1. The molecule has 0 atom stereocenters. The molecule has 0 aliphatic heterocycles. The van der Waals surface area contributed by atoms with E-state index in [1.807, 2.05) is 19.1 Å². The van der Waals surface area contributed by atoms with Crippen molar-refractivity contribution in [2.24, 2.45) is 0 Å². The van der Waals surface area contributed by atoms with Crippen LogP contribution in [0.5, 0.6) is 5.75 Å². The quantitative estimate of drug-likeness (QED) is 0.829. The molecule has 0 saturated carbocycles. The second-order valence-electron chi connectivity index (χ2n) is 4.23. The van der Waals surface area contributed by atoms with Crippen molar-refractivity contribution in [3.8, 4) is 11.8 Å². The van der Waals surface area contributed by atoms with Crippen LogP contribution in [0.15, 0.2) is 47.6 Å². The minimum Gasteiger partial charge on any atom is -0.492 e. The van der Waals surface area contributed by atoms with Crippen molar-refractivity contribution in [2.75, 3.05) is 17.7 Å². The summed E-state index contributed by atoms with van der Waals surface area (Å²) in [5.41, 5.74) is 1.10. The van der Waals surface area contributed by atoms with E-state index < -0.39 is 0 Å². The second kappa shape index (κ2) is 8.05. The topological polar surface area (TPSA) is 75.0 Å². The van der Waals surface area contributed by atoms with E-state index in [0.29, 0.717) is 28.6 Å². The summed E-state index contributed by atoms with van der Waals surface area (Å²) in [5.74, 6) is 0.636. The molecule has 0 aliphatic rings. The molecule has 1 amide bonds. The van der Waals surface area contributed by atoms with Gasteiger partial charge in [0.15, 0.2) is 0 Å². The summed E-state index contributed by atoms with van der Waals surface area (Å²) in [6.07, 6.45) is 1.60. The number of thioether (sulfide) groups is 1. The number of pyridine rings is 1. The van der Waals surface area contributed by atoms with E-state index in [-0.39, 0.29) is 11.7 Å². The van der Waals surface area contributed by atoms with E-state index in [2.05, 4.69) is 16.4 Å². The van der Waals surface area contributed by atoms with Gasteiger partial charge in [-0.25, -0.2) is 4.98 Å². The number of rotatable bonds is 6. The molecule has 0 unspecified atom stereocenters. The predicted octanol–water partition coefficient (Wildman–Crippen LogP) is 3.08.